The van der Waals surface area contributed by atoms with Crippen molar-refractivity contribution in [3.63, 3.8) is 0 Å². The van der Waals surface area contributed by atoms with Crippen LogP contribution in [-0.4, -0.2) is 33.5 Å². The predicted octanol–water partition coefficient (Wildman–Crippen LogP) is 3.57. The van der Waals surface area contributed by atoms with E-state index in [4.69, 9.17) is 4.74 Å². The molecule has 0 atom stereocenters. The highest BCUT2D eigenvalue weighted by molar-refractivity contribution is 7.92. The quantitative estimate of drug-likeness (QED) is 0.763. The first-order valence-corrected chi connectivity index (χ1v) is 12.0. The summed E-state index contributed by atoms with van der Waals surface area (Å²) in [6, 6.07) is 12.7. The number of rotatable bonds is 6. The average molecular weight is 429 g/mol. The summed E-state index contributed by atoms with van der Waals surface area (Å²) in [6.45, 7) is 2.20. The number of carbonyl (C=O) groups excluding carboxylic acids is 1. The normalized spacial score (nSPS) is 16.9. The molecule has 1 saturated carbocycles. The minimum absolute atomic E-state index is 0.0665. The van der Waals surface area contributed by atoms with Gasteiger partial charge in [0.05, 0.1) is 10.6 Å². The van der Waals surface area contributed by atoms with Crippen molar-refractivity contribution in [2.45, 2.75) is 56.4 Å². The Bertz CT molecular complexity index is 1030. The zero-order chi connectivity index (χ0) is 21.1. The van der Waals surface area contributed by atoms with Crippen LogP contribution in [0, 0.1) is 6.92 Å². The van der Waals surface area contributed by atoms with Gasteiger partial charge in [0.2, 0.25) is 0 Å². The summed E-state index contributed by atoms with van der Waals surface area (Å²) in [6.07, 6.45) is 6.04. The van der Waals surface area contributed by atoms with Gasteiger partial charge in [-0.3, -0.25) is 9.10 Å². The molecule has 4 rings (SSSR count). The topological polar surface area (TPSA) is 75.7 Å². The van der Waals surface area contributed by atoms with E-state index < -0.39 is 10.0 Å². The Hall–Kier alpha value is -2.54. The van der Waals surface area contributed by atoms with Gasteiger partial charge in [-0.1, -0.05) is 31.0 Å². The third kappa shape index (κ3) is 4.31. The Kier molecular flexibility index (Phi) is 5.99. The number of para-hydroxylation sites is 1. The van der Waals surface area contributed by atoms with Crippen molar-refractivity contribution in [2.75, 3.05) is 17.5 Å². The van der Waals surface area contributed by atoms with Crippen LogP contribution in [-0.2, 0) is 21.2 Å². The van der Waals surface area contributed by atoms with Crippen LogP contribution in [0.5, 0.6) is 5.75 Å². The van der Waals surface area contributed by atoms with Crippen molar-refractivity contribution in [2.24, 2.45) is 0 Å². The molecule has 1 aliphatic carbocycles. The monoisotopic (exact) mass is 428 g/mol. The van der Waals surface area contributed by atoms with Crippen LogP contribution < -0.4 is 14.4 Å². The second-order valence-corrected chi connectivity index (χ2v) is 9.94. The standard InChI is InChI=1S/C23H28N2O4S/c1-17-15-20(12-13-22(17)29-16-23(26)24-19-9-3-4-10-19)30(27,28)25-14-6-8-18-7-2-5-11-21(18)25/h2,5,7,11-13,15,19H,3-4,6,8-10,14,16H2,1H3,(H,24,26). The van der Waals surface area contributed by atoms with E-state index in [1.165, 1.54) is 4.31 Å². The SMILES string of the molecule is Cc1cc(S(=O)(=O)N2CCCc3ccccc32)ccc1OCC(=O)NC1CCCC1. The van der Waals surface area contributed by atoms with Crippen LogP contribution in [0.3, 0.4) is 0 Å². The van der Waals surface area contributed by atoms with Gasteiger partial charge in [0, 0.05) is 12.6 Å². The van der Waals surface area contributed by atoms with Crippen molar-refractivity contribution < 1.29 is 17.9 Å². The first kappa shape index (κ1) is 20.7. The summed E-state index contributed by atoms with van der Waals surface area (Å²) < 4.78 is 33.7. The van der Waals surface area contributed by atoms with Gasteiger partial charge < -0.3 is 10.1 Å². The van der Waals surface area contributed by atoms with Gasteiger partial charge in [0.1, 0.15) is 5.75 Å². The van der Waals surface area contributed by atoms with E-state index in [0.717, 1.165) is 49.8 Å². The second-order valence-electron chi connectivity index (χ2n) is 8.07. The summed E-state index contributed by atoms with van der Waals surface area (Å²) in [5.41, 5.74) is 2.50. The summed E-state index contributed by atoms with van der Waals surface area (Å²) >= 11 is 0. The van der Waals surface area contributed by atoms with Crippen molar-refractivity contribution in [3.05, 3.63) is 53.6 Å². The first-order chi connectivity index (χ1) is 14.4. The number of nitrogens with zero attached hydrogens (tertiary/aromatic N) is 1. The number of ether oxygens (including phenoxy) is 1. The third-order valence-electron chi connectivity index (χ3n) is 5.88. The summed E-state index contributed by atoms with van der Waals surface area (Å²) in [4.78, 5) is 12.3. The minimum atomic E-state index is -3.66. The maximum atomic E-state index is 13.3. The van der Waals surface area contributed by atoms with E-state index >= 15 is 0 Å². The van der Waals surface area contributed by atoms with Crippen molar-refractivity contribution in [1.29, 1.82) is 0 Å². The molecule has 160 valence electrons. The molecule has 2 aliphatic rings. The zero-order valence-corrected chi connectivity index (χ0v) is 18.1. The Labute approximate surface area is 178 Å². The molecule has 7 heteroatoms. The molecular formula is C23H28N2O4S. The molecule has 0 radical (unpaired) electrons. The molecule has 0 unspecified atom stereocenters. The van der Waals surface area contributed by atoms with E-state index in [0.29, 0.717) is 17.9 Å². The molecule has 1 fully saturated rings. The number of carbonyl (C=O) groups is 1. The van der Waals surface area contributed by atoms with Crippen LogP contribution >= 0.6 is 0 Å². The largest absolute Gasteiger partial charge is 0.484 e. The third-order valence-corrected chi connectivity index (χ3v) is 7.69. The fourth-order valence-corrected chi connectivity index (χ4v) is 5.93. The molecule has 0 saturated heterocycles. The molecule has 0 bridgehead atoms. The van der Waals surface area contributed by atoms with Crippen LogP contribution in [0.15, 0.2) is 47.4 Å². The fourth-order valence-electron chi connectivity index (χ4n) is 4.30. The molecule has 6 nitrogen and oxygen atoms in total. The molecule has 2 aromatic rings. The molecule has 0 aromatic heterocycles. The Morgan fingerprint density at radius 3 is 2.67 bits per heavy atom. The van der Waals surface area contributed by atoms with Gasteiger partial charge in [0.15, 0.2) is 6.61 Å². The lowest BCUT2D eigenvalue weighted by Gasteiger charge is -2.30. The van der Waals surface area contributed by atoms with E-state index in [1.54, 1.807) is 25.1 Å². The molecule has 1 amide bonds. The maximum Gasteiger partial charge on any atom is 0.264 e. The number of nitrogens with one attached hydrogen (secondary N) is 1. The number of benzene rings is 2. The number of hydrogen-bond acceptors (Lipinski definition) is 4. The molecule has 0 spiro atoms. The maximum absolute atomic E-state index is 13.3. The number of anilines is 1. The molecule has 30 heavy (non-hydrogen) atoms. The minimum Gasteiger partial charge on any atom is -0.484 e. The summed E-state index contributed by atoms with van der Waals surface area (Å²) in [7, 11) is -3.66. The average Bonchev–Trinajstić information content (AvgIpc) is 3.25. The Balaban J connectivity index is 1.47. The van der Waals surface area contributed by atoms with E-state index in [2.05, 4.69) is 5.32 Å². The highest BCUT2D eigenvalue weighted by atomic mass is 32.2. The van der Waals surface area contributed by atoms with Gasteiger partial charge in [-0.05, 0) is 68.0 Å². The number of hydrogen-bond donors (Lipinski definition) is 1. The van der Waals surface area contributed by atoms with Crippen molar-refractivity contribution in [3.8, 4) is 5.75 Å². The van der Waals surface area contributed by atoms with Gasteiger partial charge in [-0.25, -0.2) is 8.42 Å². The fraction of sp³-hybridized carbons (Fsp3) is 0.435. The molecule has 1 heterocycles. The van der Waals surface area contributed by atoms with Crippen molar-refractivity contribution >= 4 is 21.6 Å². The lowest BCUT2D eigenvalue weighted by molar-refractivity contribution is -0.123. The van der Waals surface area contributed by atoms with E-state index in [9.17, 15) is 13.2 Å². The highest BCUT2D eigenvalue weighted by Crippen LogP contribution is 2.33. The number of aryl methyl sites for hydroxylation is 2. The van der Waals surface area contributed by atoms with Crippen LogP contribution in [0.25, 0.3) is 0 Å². The van der Waals surface area contributed by atoms with Gasteiger partial charge in [0.25, 0.3) is 15.9 Å². The second kappa shape index (κ2) is 8.68. The zero-order valence-electron chi connectivity index (χ0n) is 17.3. The van der Waals surface area contributed by atoms with Gasteiger partial charge in [-0.15, -0.1) is 0 Å². The molecule has 2 aromatic carbocycles. The first-order valence-electron chi connectivity index (χ1n) is 10.6. The van der Waals surface area contributed by atoms with E-state index in [-0.39, 0.29) is 23.5 Å². The smallest absolute Gasteiger partial charge is 0.264 e. The number of amides is 1. The summed E-state index contributed by atoms with van der Waals surface area (Å²) in [5, 5.41) is 2.99. The summed E-state index contributed by atoms with van der Waals surface area (Å²) in [5.74, 6) is 0.387. The molecule has 1 aliphatic heterocycles. The Morgan fingerprint density at radius 1 is 1.13 bits per heavy atom. The van der Waals surface area contributed by atoms with Crippen LogP contribution in [0.1, 0.15) is 43.2 Å². The van der Waals surface area contributed by atoms with Crippen LogP contribution in [0.4, 0.5) is 5.69 Å². The lowest BCUT2D eigenvalue weighted by atomic mass is 10.0. The highest BCUT2D eigenvalue weighted by Gasteiger charge is 2.29. The number of sulfonamides is 1. The molecular weight excluding hydrogens is 400 g/mol. The molecule has 1 N–H and O–H groups in total. The van der Waals surface area contributed by atoms with Gasteiger partial charge >= 0.3 is 0 Å². The van der Waals surface area contributed by atoms with Gasteiger partial charge in [-0.2, -0.15) is 0 Å². The Morgan fingerprint density at radius 2 is 1.90 bits per heavy atom. The number of fused-ring (bicyclic) bond motifs is 1. The van der Waals surface area contributed by atoms with Crippen LogP contribution in [0.2, 0.25) is 0 Å². The predicted molar refractivity (Wildman–Crippen MR) is 116 cm³/mol. The lowest BCUT2D eigenvalue weighted by Crippen LogP contribution is -2.36. The van der Waals surface area contributed by atoms with E-state index in [1.807, 2.05) is 24.3 Å². The van der Waals surface area contributed by atoms with Crippen molar-refractivity contribution in [1.82, 2.24) is 5.32 Å².